The van der Waals surface area contributed by atoms with Crippen molar-refractivity contribution in [3.63, 3.8) is 0 Å². The average Bonchev–Trinajstić information content (AvgIpc) is 2.46. The first kappa shape index (κ1) is 15.1. The summed E-state index contributed by atoms with van der Waals surface area (Å²) in [6.45, 7) is 6.06. The predicted octanol–water partition coefficient (Wildman–Crippen LogP) is 1.35. The topological polar surface area (TPSA) is 41.6 Å². The van der Waals surface area contributed by atoms with Gasteiger partial charge in [0, 0.05) is 25.4 Å². The molecule has 1 N–H and O–H groups in total. The average molecular weight is 286 g/mol. The van der Waals surface area contributed by atoms with Crippen molar-refractivity contribution in [2.24, 2.45) is 5.92 Å². The van der Waals surface area contributed by atoms with Crippen LogP contribution in [0, 0.1) is 5.92 Å². The number of nitrogens with zero attached hydrogens (tertiary/aromatic N) is 1. The number of carbonyl (C=O) groups is 1. The van der Waals surface area contributed by atoms with E-state index >= 15 is 0 Å². The van der Waals surface area contributed by atoms with Gasteiger partial charge >= 0.3 is 0 Å². The number of thioether (sulfide) groups is 1. The van der Waals surface area contributed by atoms with E-state index in [1.165, 1.54) is 12.8 Å². The molecule has 2 heterocycles. The normalized spacial score (nSPS) is 29.5. The second kappa shape index (κ2) is 7.50. The van der Waals surface area contributed by atoms with E-state index in [0.717, 1.165) is 32.6 Å². The highest BCUT2D eigenvalue weighted by Gasteiger charge is 2.29. The molecule has 5 heteroatoms. The second-order valence-corrected chi connectivity index (χ2v) is 6.93. The lowest BCUT2D eigenvalue weighted by Crippen LogP contribution is -2.47. The van der Waals surface area contributed by atoms with E-state index in [4.69, 9.17) is 4.74 Å². The molecule has 2 rings (SSSR count). The van der Waals surface area contributed by atoms with E-state index in [9.17, 15) is 4.79 Å². The van der Waals surface area contributed by atoms with Crippen LogP contribution in [0.5, 0.6) is 0 Å². The molecule has 0 radical (unpaired) electrons. The van der Waals surface area contributed by atoms with Gasteiger partial charge in [0.05, 0.1) is 11.9 Å². The van der Waals surface area contributed by atoms with Crippen molar-refractivity contribution in [2.75, 3.05) is 39.0 Å². The zero-order valence-electron chi connectivity index (χ0n) is 12.1. The first-order valence-corrected chi connectivity index (χ1v) is 8.38. The Morgan fingerprint density at radius 1 is 1.37 bits per heavy atom. The molecule has 2 unspecified atom stereocenters. The number of hydrogen-bond acceptors (Lipinski definition) is 4. The van der Waals surface area contributed by atoms with Gasteiger partial charge in [-0.25, -0.2) is 0 Å². The molecule has 0 aromatic rings. The van der Waals surface area contributed by atoms with Crippen molar-refractivity contribution < 1.29 is 9.53 Å². The molecule has 2 aliphatic heterocycles. The van der Waals surface area contributed by atoms with E-state index in [0.29, 0.717) is 16.9 Å². The van der Waals surface area contributed by atoms with Gasteiger partial charge in [-0.2, -0.15) is 0 Å². The molecule has 1 amide bonds. The smallest absolute Gasteiger partial charge is 0.232 e. The van der Waals surface area contributed by atoms with E-state index in [2.05, 4.69) is 12.2 Å². The van der Waals surface area contributed by atoms with Gasteiger partial charge in [-0.3, -0.25) is 4.79 Å². The summed E-state index contributed by atoms with van der Waals surface area (Å²) in [5, 5.41) is 4.02. The van der Waals surface area contributed by atoms with Gasteiger partial charge in [0.15, 0.2) is 0 Å². The molecule has 19 heavy (non-hydrogen) atoms. The molecular weight excluding hydrogens is 260 g/mol. The number of piperidine rings is 2. The number of ether oxygens (including phenoxy) is 1. The van der Waals surface area contributed by atoms with Gasteiger partial charge in [0.25, 0.3) is 0 Å². The predicted molar refractivity (Wildman–Crippen MR) is 79.5 cm³/mol. The van der Waals surface area contributed by atoms with Gasteiger partial charge in [-0.1, -0.05) is 6.92 Å². The molecular formula is C14H26N2O2S. The van der Waals surface area contributed by atoms with Crippen LogP contribution < -0.4 is 5.32 Å². The molecule has 0 bridgehead atoms. The van der Waals surface area contributed by atoms with Gasteiger partial charge in [-0.15, -0.1) is 11.8 Å². The maximum absolute atomic E-state index is 12.2. The third-order valence-corrected chi connectivity index (χ3v) is 5.63. The Kier molecular flexibility index (Phi) is 5.98. The third kappa shape index (κ3) is 4.36. The lowest BCUT2D eigenvalue weighted by molar-refractivity contribution is -0.133. The number of rotatable bonds is 4. The Balaban J connectivity index is 1.73. The van der Waals surface area contributed by atoms with Crippen LogP contribution in [0.4, 0.5) is 0 Å². The molecule has 2 fully saturated rings. The van der Waals surface area contributed by atoms with Gasteiger partial charge in [0.2, 0.25) is 5.91 Å². The first-order valence-electron chi connectivity index (χ1n) is 7.33. The summed E-state index contributed by atoms with van der Waals surface area (Å²) in [6.07, 6.45) is 3.65. The molecule has 4 nitrogen and oxygen atoms in total. The van der Waals surface area contributed by atoms with Crippen LogP contribution >= 0.6 is 11.8 Å². The molecule has 0 spiro atoms. The van der Waals surface area contributed by atoms with Crippen LogP contribution in [0.3, 0.4) is 0 Å². The Hall–Kier alpha value is -0.260. The van der Waals surface area contributed by atoms with Crippen LogP contribution in [0.2, 0.25) is 0 Å². The Morgan fingerprint density at radius 3 is 2.79 bits per heavy atom. The lowest BCUT2D eigenvalue weighted by Gasteiger charge is -2.36. The minimum absolute atomic E-state index is 0.210. The van der Waals surface area contributed by atoms with Gasteiger partial charge in [0.1, 0.15) is 0 Å². The van der Waals surface area contributed by atoms with Crippen molar-refractivity contribution >= 4 is 17.7 Å². The van der Waals surface area contributed by atoms with Crippen molar-refractivity contribution in [1.82, 2.24) is 10.2 Å². The summed E-state index contributed by atoms with van der Waals surface area (Å²) >= 11 is 1.84. The highest BCUT2D eigenvalue weighted by Crippen LogP contribution is 2.23. The second-order valence-electron chi connectivity index (χ2n) is 5.64. The van der Waals surface area contributed by atoms with Crippen LogP contribution in [-0.2, 0) is 9.53 Å². The molecule has 0 aliphatic carbocycles. The van der Waals surface area contributed by atoms with E-state index in [1.54, 1.807) is 7.11 Å². The SMILES string of the molecule is COC1CN(C(=O)CSC2CCNCC2)CCC1C. The quantitative estimate of drug-likeness (QED) is 0.847. The Morgan fingerprint density at radius 2 is 2.11 bits per heavy atom. The van der Waals surface area contributed by atoms with Crippen molar-refractivity contribution in [3.05, 3.63) is 0 Å². The van der Waals surface area contributed by atoms with Crippen molar-refractivity contribution in [3.8, 4) is 0 Å². The fraction of sp³-hybridized carbons (Fsp3) is 0.929. The number of carbonyl (C=O) groups excluding carboxylic acids is 1. The molecule has 2 atom stereocenters. The summed E-state index contributed by atoms with van der Waals surface area (Å²) in [6, 6.07) is 0. The maximum Gasteiger partial charge on any atom is 0.232 e. The van der Waals surface area contributed by atoms with Crippen LogP contribution in [0.1, 0.15) is 26.2 Å². The lowest BCUT2D eigenvalue weighted by atomic mass is 9.96. The molecule has 0 aromatic carbocycles. The Labute approximate surface area is 120 Å². The summed E-state index contributed by atoms with van der Waals surface area (Å²) in [5.41, 5.74) is 0. The van der Waals surface area contributed by atoms with E-state index in [1.807, 2.05) is 16.7 Å². The summed E-state index contributed by atoms with van der Waals surface area (Å²) < 4.78 is 5.47. The molecule has 110 valence electrons. The first-order chi connectivity index (χ1) is 9.20. The summed E-state index contributed by atoms with van der Waals surface area (Å²) in [7, 11) is 1.75. The van der Waals surface area contributed by atoms with Crippen LogP contribution in [0.15, 0.2) is 0 Å². The highest BCUT2D eigenvalue weighted by molar-refractivity contribution is 8.00. The molecule has 0 aromatic heterocycles. The zero-order chi connectivity index (χ0) is 13.7. The number of hydrogen-bond donors (Lipinski definition) is 1. The number of methoxy groups -OCH3 is 1. The van der Waals surface area contributed by atoms with Gasteiger partial charge < -0.3 is 15.0 Å². The minimum atomic E-state index is 0.210. The van der Waals surface area contributed by atoms with Crippen molar-refractivity contribution in [2.45, 2.75) is 37.5 Å². The van der Waals surface area contributed by atoms with Crippen molar-refractivity contribution in [1.29, 1.82) is 0 Å². The van der Waals surface area contributed by atoms with Crippen LogP contribution in [-0.4, -0.2) is 61.2 Å². The number of amides is 1. The fourth-order valence-electron chi connectivity index (χ4n) is 2.81. The Bertz CT molecular complexity index is 295. The third-order valence-electron chi connectivity index (χ3n) is 4.27. The monoisotopic (exact) mass is 286 g/mol. The zero-order valence-corrected chi connectivity index (χ0v) is 12.9. The fourth-order valence-corrected chi connectivity index (χ4v) is 3.94. The highest BCUT2D eigenvalue weighted by atomic mass is 32.2. The molecule has 2 aliphatic rings. The largest absolute Gasteiger partial charge is 0.379 e. The summed E-state index contributed by atoms with van der Waals surface area (Å²) in [5.74, 6) is 1.48. The van der Waals surface area contributed by atoms with E-state index < -0.39 is 0 Å². The molecule has 0 saturated carbocycles. The maximum atomic E-state index is 12.2. The van der Waals surface area contributed by atoms with Gasteiger partial charge in [-0.05, 0) is 38.3 Å². The summed E-state index contributed by atoms with van der Waals surface area (Å²) in [4.78, 5) is 14.2. The van der Waals surface area contributed by atoms with Crippen LogP contribution in [0.25, 0.3) is 0 Å². The molecule has 2 saturated heterocycles. The number of nitrogens with one attached hydrogen (secondary N) is 1. The van der Waals surface area contributed by atoms with E-state index in [-0.39, 0.29) is 12.0 Å². The minimum Gasteiger partial charge on any atom is -0.379 e. The number of likely N-dealkylation sites (tertiary alicyclic amines) is 1. The standard InChI is InChI=1S/C14H26N2O2S/c1-11-5-8-16(9-13(11)18-2)14(17)10-19-12-3-6-15-7-4-12/h11-13,15H,3-10H2,1-2H3.